The molecule has 0 N–H and O–H groups in total. The first-order valence-electron chi connectivity index (χ1n) is 3.93. The topological polar surface area (TPSA) is 23.8 Å². The van der Waals surface area contributed by atoms with E-state index in [2.05, 4.69) is 0 Å². The van der Waals surface area contributed by atoms with Gasteiger partial charge in [0.25, 0.3) is 0 Å². The van der Waals surface area contributed by atoms with E-state index >= 15 is 0 Å². The first-order chi connectivity index (χ1) is 5.77. The lowest BCUT2D eigenvalue weighted by atomic mass is 10.1. The second-order valence-corrected chi connectivity index (χ2v) is 2.61. The van der Waals surface area contributed by atoms with Gasteiger partial charge >= 0.3 is 0 Å². The Morgan fingerprint density at radius 1 is 1.58 bits per heavy atom. The summed E-state index contributed by atoms with van der Waals surface area (Å²) in [5, 5.41) is 8.53. The van der Waals surface area contributed by atoms with Gasteiger partial charge in [-0.3, -0.25) is 0 Å². The fourth-order valence-electron chi connectivity index (χ4n) is 1.04. The molecule has 2 heteroatoms. The van der Waals surface area contributed by atoms with E-state index < -0.39 is 5.83 Å². The average Bonchev–Trinajstić information content (AvgIpc) is 2.27. The highest BCUT2D eigenvalue weighted by Gasteiger charge is 2.05. The number of nitriles is 1. The monoisotopic (exact) mass is 163 g/mol. The summed E-state index contributed by atoms with van der Waals surface area (Å²) in [7, 11) is 0. The highest BCUT2D eigenvalue weighted by molar-refractivity contribution is 5.39. The predicted molar refractivity (Wildman–Crippen MR) is 45.9 cm³/mol. The van der Waals surface area contributed by atoms with Gasteiger partial charge in [0.05, 0.1) is 11.6 Å². The van der Waals surface area contributed by atoms with Crippen LogP contribution in [0.1, 0.15) is 19.8 Å². The minimum atomic E-state index is -0.405. The van der Waals surface area contributed by atoms with Gasteiger partial charge in [-0.1, -0.05) is 24.6 Å². The summed E-state index contributed by atoms with van der Waals surface area (Å²) in [6.45, 7) is 2.01. The van der Waals surface area contributed by atoms with Crippen LogP contribution in [0.4, 0.5) is 4.39 Å². The Morgan fingerprint density at radius 2 is 2.33 bits per heavy atom. The number of hydrogen-bond acceptors (Lipinski definition) is 1. The molecule has 0 unspecified atom stereocenters. The molecule has 0 aromatic heterocycles. The molecule has 0 aromatic carbocycles. The van der Waals surface area contributed by atoms with E-state index in [4.69, 9.17) is 5.26 Å². The second-order valence-electron chi connectivity index (χ2n) is 2.61. The van der Waals surface area contributed by atoms with E-state index in [9.17, 15) is 4.39 Å². The number of nitrogens with zero attached hydrogens (tertiary/aromatic N) is 1. The van der Waals surface area contributed by atoms with Crippen LogP contribution in [0.25, 0.3) is 0 Å². The maximum Gasteiger partial charge on any atom is 0.137 e. The third-order valence-electron chi connectivity index (χ3n) is 1.84. The molecule has 0 radical (unpaired) electrons. The Labute approximate surface area is 71.5 Å². The highest BCUT2D eigenvalue weighted by atomic mass is 19.1. The molecule has 12 heavy (non-hydrogen) atoms. The first kappa shape index (κ1) is 8.73. The summed E-state index contributed by atoms with van der Waals surface area (Å²) >= 11 is 0. The smallest absolute Gasteiger partial charge is 0.137 e. The quantitative estimate of drug-likeness (QED) is 0.582. The van der Waals surface area contributed by atoms with Crippen molar-refractivity contribution in [2.45, 2.75) is 19.8 Å². The summed E-state index contributed by atoms with van der Waals surface area (Å²) in [6.07, 6.45) is 6.27. The molecule has 0 saturated heterocycles. The van der Waals surface area contributed by atoms with Gasteiger partial charge in [0.15, 0.2) is 0 Å². The molecule has 0 aromatic rings. The van der Waals surface area contributed by atoms with Crippen LogP contribution in [0.2, 0.25) is 0 Å². The molecule has 0 spiro atoms. The van der Waals surface area contributed by atoms with Crippen molar-refractivity contribution in [2.75, 3.05) is 0 Å². The van der Waals surface area contributed by atoms with Gasteiger partial charge in [-0.25, -0.2) is 4.39 Å². The lowest BCUT2D eigenvalue weighted by Crippen LogP contribution is -1.78. The van der Waals surface area contributed by atoms with Crippen molar-refractivity contribution in [1.82, 2.24) is 0 Å². The second kappa shape index (κ2) is 3.87. The van der Waals surface area contributed by atoms with E-state index in [-0.39, 0.29) is 5.57 Å². The Hall–Kier alpha value is -1.36. The first-order valence-corrected chi connectivity index (χ1v) is 3.93. The van der Waals surface area contributed by atoms with Gasteiger partial charge in [-0.15, -0.1) is 0 Å². The lowest BCUT2D eigenvalue weighted by Gasteiger charge is -1.92. The van der Waals surface area contributed by atoms with E-state index in [1.54, 1.807) is 6.08 Å². The normalized spacial score (nSPS) is 16.9. The molecule has 0 aliphatic heterocycles. The third-order valence-corrected chi connectivity index (χ3v) is 1.84. The zero-order chi connectivity index (χ0) is 8.97. The van der Waals surface area contributed by atoms with Crippen LogP contribution in [-0.2, 0) is 0 Å². The molecule has 0 amide bonds. The number of hydrogen-bond donors (Lipinski definition) is 0. The van der Waals surface area contributed by atoms with Gasteiger partial charge in [0.2, 0.25) is 0 Å². The van der Waals surface area contributed by atoms with Crippen molar-refractivity contribution in [2.24, 2.45) is 0 Å². The summed E-state index contributed by atoms with van der Waals surface area (Å²) in [5.74, 6) is -0.405. The number of allylic oxidation sites excluding steroid dienone is 6. The summed E-state index contributed by atoms with van der Waals surface area (Å²) in [5.41, 5.74) is 1.30. The van der Waals surface area contributed by atoms with Crippen molar-refractivity contribution in [3.05, 3.63) is 35.2 Å². The predicted octanol–water partition coefficient (Wildman–Crippen LogP) is 3.03. The Kier molecular flexibility index (Phi) is 2.82. The fraction of sp³-hybridized carbons (Fsp3) is 0.300. The van der Waals surface area contributed by atoms with Crippen LogP contribution in [0.5, 0.6) is 0 Å². The maximum absolute atomic E-state index is 13.0. The Morgan fingerprint density at radius 3 is 2.92 bits per heavy atom. The molecule has 1 rings (SSSR count). The molecular formula is C10H10FN. The van der Waals surface area contributed by atoms with Gasteiger partial charge in [-0.05, 0) is 12.5 Å². The lowest BCUT2D eigenvalue weighted by molar-refractivity contribution is 0.657. The average molecular weight is 163 g/mol. The van der Waals surface area contributed by atoms with Crippen molar-refractivity contribution >= 4 is 0 Å². The van der Waals surface area contributed by atoms with Crippen molar-refractivity contribution < 1.29 is 4.39 Å². The van der Waals surface area contributed by atoms with Crippen LogP contribution < -0.4 is 0 Å². The molecular weight excluding hydrogens is 153 g/mol. The summed E-state index contributed by atoms with van der Waals surface area (Å²) in [4.78, 5) is 0. The van der Waals surface area contributed by atoms with Gasteiger partial charge < -0.3 is 0 Å². The molecule has 0 heterocycles. The van der Waals surface area contributed by atoms with Gasteiger partial charge in [0.1, 0.15) is 5.83 Å². The maximum atomic E-state index is 13.0. The van der Waals surface area contributed by atoms with Crippen LogP contribution in [0.15, 0.2) is 35.2 Å². The minimum absolute atomic E-state index is 0.217. The minimum Gasteiger partial charge on any atom is -0.206 e. The molecule has 0 bridgehead atoms. The van der Waals surface area contributed by atoms with Crippen LogP contribution in [0.3, 0.4) is 0 Å². The van der Waals surface area contributed by atoms with Gasteiger partial charge in [0, 0.05) is 6.42 Å². The molecule has 1 nitrogen and oxygen atoms in total. The molecule has 0 saturated carbocycles. The molecule has 62 valence electrons. The standard InChI is InChI=1S/C10H10FN/c1-2-8-3-5-9(7-12)10(11)6-4-8/h3-4,6H,2,5H2,1H3. The molecule has 0 fully saturated rings. The Bertz CT molecular complexity index is 302. The summed E-state index contributed by atoms with van der Waals surface area (Å²) in [6, 6.07) is 1.85. The number of rotatable bonds is 1. The zero-order valence-corrected chi connectivity index (χ0v) is 6.97. The van der Waals surface area contributed by atoms with E-state index in [1.807, 2.05) is 19.1 Å². The molecule has 1 aliphatic rings. The van der Waals surface area contributed by atoms with E-state index in [0.29, 0.717) is 6.42 Å². The van der Waals surface area contributed by atoms with E-state index in [1.165, 1.54) is 6.08 Å². The highest BCUT2D eigenvalue weighted by Crippen LogP contribution is 2.19. The SMILES string of the molecule is CCC1=CCC(C#N)=C(F)C=C1. The van der Waals surface area contributed by atoms with E-state index in [0.717, 1.165) is 12.0 Å². The fourth-order valence-corrected chi connectivity index (χ4v) is 1.04. The van der Waals surface area contributed by atoms with Crippen molar-refractivity contribution in [3.63, 3.8) is 0 Å². The van der Waals surface area contributed by atoms with Gasteiger partial charge in [-0.2, -0.15) is 5.26 Å². The van der Waals surface area contributed by atoms with Crippen LogP contribution >= 0.6 is 0 Å². The summed E-state index contributed by atoms with van der Waals surface area (Å²) < 4.78 is 13.0. The number of halogens is 1. The van der Waals surface area contributed by atoms with Crippen LogP contribution in [-0.4, -0.2) is 0 Å². The zero-order valence-electron chi connectivity index (χ0n) is 6.97. The van der Waals surface area contributed by atoms with Crippen LogP contribution in [0, 0.1) is 11.3 Å². The molecule has 0 atom stereocenters. The van der Waals surface area contributed by atoms with Crippen molar-refractivity contribution in [3.8, 4) is 6.07 Å². The molecule has 1 aliphatic carbocycles. The third kappa shape index (κ3) is 1.82. The largest absolute Gasteiger partial charge is 0.206 e. The Balaban J connectivity index is 2.91. The van der Waals surface area contributed by atoms with Crippen molar-refractivity contribution in [1.29, 1.82) is 5.26 Å².